The van der Waals surface area contributed by atoms with E-state index < -0.39 is 0 Å². The molecule has 2 saturated heterocycles. The van der Waals surface area contributed by atoms with Crippen LogP contribution in [0.5, 0.6) is 0 Å². The van der Waals surface area contributed by atoms with Crippen LogP contribution in [0.3, 0.4) is 0 Å². The summed E-state index contributed by atoms with van der Waals surface area (Å²) in [6.07, 6.45) is 2.94. The number of nitrogens with one attached hydrogen (secondary N) is 1. The lowest BCUT2D eigenvalue weighted by molar-refractivity contribution is 0.0774. The molecule has 2 atom stereocenters. The number of likely N-dealkylation sites (tertiary alicyclic amines) is 2. The van der Waals surface area contributed by atoms with E-state index in [9.17, 15) is 4.79 Å². The fourth-order valence-electron chi connectivity index (χ4n) is 3.73. The summed E-state index contributed by atoms with van der Waals surface area (Å²) in [5, 5.41) is 6.89. The van der Waals surface area contributed by atoms with E-state index in [0.29, 0.717) is 12.0 Å². The molecule has 5 nitrogen and oxygen atoms in total. The van der Waals surface area contributed by atoms with Crippen LogP contribution in [0, 0.1) is 5.92 Å². The predicted molar refractivity (Wildman–Crippen MR) is 84.5 cm³/mol. The van der Waals surface area contributed by atoms with Crippen molar-refractivity contribution in [3.8, 4) is 11.3 Å². The Morgan fingerprint density at radius 1 is 1.23 bits per heavy atom. The van der Waals surface area contributed by atoms with Crippen LogP contribution in [0.15, 0.2) is 36.5 Å². The standard InChI is InChI=1S/C17H20N4O/c1-20-9-7-14-10-21(11-16(14)20)17(22)13-4-2-12(3-5-13)15-6-8-18-19-15/h2-6,8,14,16H,7,9-11H2,1H3,(H,18,19)/t14-,16+/m0/s1. The molecule has 4 rings (SSSR count). The highest BCUT2D eigenvalue weighted by Crippen LogP contribution is 2.31. The number of aromatic nitrogens is 2. The maximum atomic E-state index is 12.7. The van der Waals surface area contributed by atoms with Gasteiger partial charge in [-0.1, -0.05) is 12.1 Å². The lowest BCUT2D eigenvalue weighted by Crippen LogP contribution is -2.35. The highest BCUT2D eigenvalue weighted by Gasteiger charge is 2.41. The second kappa shape index (κ2) is 5.25. The molecule has 1 N–H and O–H groups in total. The van der Waals surface area contributed by atoms with Gasteiger partial charge in [-0.25, -0.2) is 0 Å². The maximum absolute atomic E-state index is 12.7. The molecule has 1 aromatic carbocycles. The summed E-state index contributed by atoms with van der Waals surface area (Å²) in [7, 11) is 2.16. The molecule has 1 aromatic heterocycles. The molecule has 0 unspecified atom stereocenters. The molecule has 0 radical (unpaired) electrons. The molecule has 1 amide bonds. The molecule has 114 valence electrons. The van der Waals surface area contributed by atoms with Crippen molar-refractivity contribution in [2.24, 2.45) is 5.92 Å². The third-order valence-corrected chi connectivity index (χ3v) is 5.06. The monoisotopic (exact) mass is 296 g/mol. The zero-order valence-electron chi connectivity index (χ0n) is 12.7. The van der Waals surface area contributed by atoms with Crippen molar-refractivity contribution in [3.63, 3.8) is 0 Å². The molecule has 0 spiro atoms. The Bertz CT molecular complexity index is 664. The highest BCUT2D eigenvalue weighted by molar-refractivity contribution is 5.95. The normalized spacial score (nSPS) is 24.7. The van der Waals surface area contributed by atoms with Gasteiger partial charge in [-0.05, 0) is 49.7 Å². The van der Waals surface area contributed by atoms with Crippen LogP contribution in [0.2, 0.25) is 0 Å². The van der Waals surface area contributed by atoms with Crippen molar-refractivity contribution in [1.29, 1.82) is 0 Å². The van der Waals surface area contributed by atoms with E-state index in [0.717, 1.165) is 36.5 Å². The molecular weight excluding hydrogens is 276 g/mol. The first-order valence-corrected chi connectivity index (χ1v) is 7.82. The molecule has 5 heteroatoms. The second-order valence-electron chi connectivity index (χ2n) is 6.35. The van der Waals surface area contributed by atoms with Crippen LogP contribution in [0.25, 0.3) is 11.3 Å². The number of aromatic amines is 1. The average molecular weight is 296 g/mol. The third-order valence-electron chi connectivity index (χ3n) is 5.06. The van der Waals surface area contributed by atoms with Crippen LogP contribution in [0.4, 0.5) is 0 Å². The number of benzene rings is 1. The first-order valence-electron chi connectivity index (χ1n) is 7.82. The number of likely N-dealkylation sites (N-methyl/N-ethyl adjacent to an activating group) is 1. The van der Waals surface area contributed by atoms with Gasteiger partial charge in [0, 0.05) is 30.9 Å². The van der Waals surface area contributed by atoms with Crippen LogP contribution in [0.1, 0.15) is 16.8 Å². The fourth-order valence-corrected chi connectivity index (χ4v) is 3.73. The van der Waals surface area contributed by atoms with Gasteiger partial charge in [-0.2, -0.15) is 5.10 Å². The lowest BCUT2D eigenvalue weighted by Gasteiger charge is -2.20. The molecule has 2 aromatic rings. The van der Waals surface area contributed by atoms with Gasteiger partial charge in [0.2, 0.25) is 0 Å². The summed E-state index contributed by atoms with van der Waals surface area (Å²) in [5.41, 5.74) is 2.79. The smallest absolute Gasteiger partial charge is 0.253 e. The minimum absolute atomic E-state index is 0.152. The molecule has 0 aliphatic carbocycles. The van der Waals surface area contributed by atoms with E-state index in [1.165, 1.54) is 6.42 Å². The number of carbonyl (C=O) groups excluding carboxylic acids is 1. The van der Waals surface area contributed by atoms with Gasteiger partial charge in [-0.15, -0.1) is 0 Å². The van der Waals surface area contributed by atoms with Crippen molar-refractivity contribution in [3.05, 3.63) is 42.1 Å². The van der Waals surface area contributed by atoms with Gasteiger partial charge in [0.15, 0.2) is 0 Å². The first kappa shape index (κ1) is 13.5. The summed E-state index contributed by atoms with van der Waals surface area (Å²) in [6, 6.07) is 10.3. The number of hydrogen-bond donors (Lipinski definition) is 1. The number of rotatable bonds is 2. The van der Waals surface area contributed by atoms with Crippen LogP contribution in [-0.2, 0) is 0 Å². The van der Waals surface area contributed by atoms with Crippen molar-refractivity contribution in [2.75, 3.05) is 26.7 Å². The molecule has 2 fully saturated rings. The van der Waals surface area contributed by atoms with Crippen molar-refractivity contribution < 1.29 is 4.79 Å². The Balaban J connectivity index is 1.49. The molecule has 22 heavy (non-hydrogen) atoms. The zero-order valence-corrected chi connectivity index (χ0v) is 12.7. The van der Waals surface area contributed by atoms with Gasteiger partial charge in [0.25, 0.3) is 5.91 Å². The Morgan fingerprint density at radius 2 is 2.05 bits per heavy atom. The van der Waals surface area contributed by atoms with Crippen molar-refractivity contribution in [2.45, 2.75) is 12.5 Å². The van der Waals surface area contributed by atoms with Gasteiger partial charge in [0.05, 0.1) is 5.69 Å². The molecule has 2 aliphatic rings. The summed E-state index contributed by atoms with van der Waals surface area (Å²) in [4.78, 5) is 17.1. The largest absolute Gasteiger partial charge is 0.337 e. The molecular formula is C17H20N4O. The van der Waals surface area contributed by atoms with Gasteiger partial charge >= 0.3 is 0 Å². The van der Waals surface area contributed by atoms with Crippen molar-refractivity contribution in [1.82, 2.24) is 20.0 Å². The number of H-pyrrole nitrogens is 1. The SMILES string of the molecule is CN1CC[C@H]2CN(C(=O)c3ccc(-c4ccn[nH]4)cc3)C[C@H]21. The Kier molecular flexibility index (Phi) is 3.22. The zero-order chi connectivity index (χ0) is 15.1. The van der Waals surface area contributed by atoms with E-state index >= 15 is 0 Å². The van der Waals surface area contributed by atoms with Crippen LogP contribution in [-0.4, -0.2) is 58.6 Å². The Hall–Kier alpha value is -2.14. The van der Waals surface area contributed by atoms with Crippen LogP contribution >= 0.6 is 0 Å². The van der Waals surface area contributed by atoms with E-state index in [-0.39, 0.29) is 5.91 Å². The number of fused-ring (bicyclic) bond motifs is 1. The van der Waals surface area contributed by atoms with E-state index in [1.807, 2.05) is 35.2 Å². The Morgan fingerprint density at radius 3 is 2.73 bits per heavy atom. The molecule has 3 heterocycles. The highest BCUT2D eigenvalue weighted by atomic mass is 16.2. The Labute approximate surface area is 129 Å². The van der Waals surface area contributed by atoms with E-state index in [2.05, 4.69) is 22.1 Å². The maximum Gasteiger partial charge on any atom is 0.253 e. The third kappa shape index (κ3) is 2.22. The molecule has 2 aliphatic heterocycles. The summed E-state index contributed by atoms with van der Waals surface area (Å²) < 4.78 is 0. The van der Waals surface area contributed by atoms with E-state index in [4.69, 9.17) is 0 Å². The quantitative estimate of drug-likeness (QED) is 0.920. The predicted octanol–water partition coefficient (Wildman–Crippen LogP) is 1.85. The molecule has 0 saturated carbocycles. The van der Waals surface area contributed by atoms with E-state index in [1.54, 1.807) is 6.20 Å². The van der Waals surface area contributed by atoms with Gasteiger partial charge in [-0.3, -0.25) is 9.89 Å². The number of hydrogen-bond acceptors (Lipinski definition) is 3. The molecule has 0 bridgehead atoms. The summed E-state index contributed by atoms with van der Waals surface area (Å²) >= 11 is 0. The number of carbonyl (C=O) groups is 1. The lowest BCUT2D eigenvalue weighted by atomic mass is 10.1. The summed E-state index contributed by atoms with van der Waals surface area (Å²) in [5.74, 6) is 0.803. The minimum atomic E-state index is 0.152. The second-order valence-corrected chi connectivity index (χ2v) is 6.35. The first-order chi connectivity index (χ1) is 10.7. The van der Waals surface area contributed by atoms with Crippen molar-refractivity contribution >= 4 is 5.91 Å². The number of nitrogens with zero attached hydrogens (tertiary/aromatic N) is 3. The van der Waals surface area contributed by atoms with Gasteiger partial charge in [0.1, 0.15) is 0 Å². The summed E-state index contributed by atoms with van der Waals surface area (Å²) in [6.45, 7) is 2.93. The van der Waals surface area contributed by atoms with Gasteiger partial charge < -0.3 is 9.80 Å². The topological polar surface area (TPSA) is 52.2 Å². The minimum Gasteiger partial charge on any atom is -0.337 e. The average Bonchev–Trinajstić information content (AvgIpc) is 3.26. The number of amides is 1. The van der Waals surface area contributed by atoms with Crippen LogP contribution < -0.4 is 0 Å². The fraction of sp³-hybridized carbons (Fsp3) is 0.412.